The fourth-order valence-corrected chi connectivity index (χ4v) is 0.372. The highest BCUT2D eigenvalue weighted by Crippen LogP contribution is 1.86. The lowest BCUT2D eigenvalue weighted by Crippen LogP contribution is -1.93. The van der Waals surface area contributed by atoms with Gasteiger partial charge < -0.3 is 5.31 Å². The molecule has 1 aliphatic heterocycles. The van der Waals surface area contributed by atoms with E-state index >= 15 is 0 Å². The first-order valence-corrected chi connectivity index (χ1v) is 2.00. The van der Waals surface area contributed by atoms with Crippen molar-refractivity contribution in [3.8, 4) is 0 Å². The van der Waals surface area contributed by atoms with E-state index in [2.05, 4.69) is 0 Å². The van der Waals surface area contributed by atoms with Crippen molar-refractivity contribution in [1.82, 2.24) is 5.31 Å². The maximum Gasteiger partial charge on any atom is 0.165 e. The lowest BCUT2D eigenvalue weighted by Gasteiger charge is -1.92. The Morgan fingerprint density at radius 2 is 2.17 bits per heavy atom. The first-order valence-electron chi connectivity index (χ1n) is 2.45. The zero-order valence-electron chi connectivity index (χ0n) is 4.46. The van der Waals surface area contributed by atoms with E-state index < -0.39 is 0 Å². The van der Waals surface area contributed by atoms with E-state index in [0.29, 0.717) is 0 Å². The monoisotopic (exact) mass is 82.1 g/mol. The maximum atomic E-state index is 6.93. The van der Waals surface area contributed by atoms with Gasteiger partial charge in [0.1, 0.15) is 0 Å². The summed E-state index contributed by atoms with van der Waals surface area (Å²) >= 11 is 0. The SMILES string of the molecule is [2H]N1C=CCC=C1. The summed E-state index contributed by atoms with van der Waals surface area (Å²) < 4.78 is 6.93. The van der Waals surface area contributed by atoms with Crippen LogP contribution in [0.15, 0.2) is 24.6 Å². The molecule has 0 unspecified atom stereocenters. The predicted molar refractivity (Wildman–Crippen MR) is 26.0 cm³/mol. The molecule has 0 aromatic rings. The lowest BCUT2D eigenvalue weighted by molar-refractivity contribution is 1.11. The van der Waals surface area contributed by atoms with Gasteiger partial charge in [0.05, 0.1) is 0 Å². The van der Waals surface area contributed by atoms with Crippen molar-refractivity contribution in [3.05, 3.63) is 24.6 Å². The molecule has 0 aromatic carbocycles. The van der Waals surface area contributed by atoms with Gasteiger partial charge in [0.25, 0.3) is 0 Å². The van der Waals surface area contributed by atoms with Crippen molar-refractivity contribution in [3.63, 3.8) is 0 Å². The minimum absolute atomic E-state index is 0.968. The van der Waals surface area contributed by atoms with Crippen LogP contribution in [-0.2, 0) is 0 Å². The summed E-state index contributed by atoms with van der Waals surface area (Å²) in [7, 11) is 0. The summed E-state index contributed by atoms with van der Waals surface area (Å²) in [6.45, 7) is 0. The third kappa shape index (κ3) is 0.612. The molecule has 0 aliphatic carbocycles. The molecule has 0 aromatic heterocycles. The summed E-state index contributed by atoms with van der Waals surface area (Å²) in [5.41, 5.74) is 0. The van der Waals surface area contributed by atoms with Gasteiger partial charge in [0.15, 0.2) is 1.41 Å². The van der Waals surface area contributed by atoms with Gasteiger partial charge in [0.2, 0.25) is 0 Å². The Bertz CT molecular complexity index is 94.6. The molecule has 1 heterocycles. The number of hydrogen-bond acceptors (Lipinski definition) is 1. The summed E-state index contributed by atoms with van der Waals surface area (Å²) in [4.78, 5) is 0. The average molecular weight is 82.1 g/mol. The molecule has 0 radical (unpaired) electrons. The minimum atomic E-state index is 0.968. The molecule has 0 spiro atoms. The number of dihydropyridines is 1. The molecule has 1 nitrogen and oxygen atoms in total. The summed E-state index contributed by atoms with van der Waals surface area (Å²) in [6, 6.07) is 0. The largest absolute Gasteiger partial charge is 0.368 e. The molecule has 0 atom stereocenters. The molecule has 0 fully saturated rings. The fraction of sp³-hybridized carbons (Fsp3) is 0.200. The predicted octanol–water partition coefficient (Wildman–Crippen LogP) is 1.01. The minimum Gasteiger partial charge on any atom is -0.368 e. The molecule has 32 valence electrons. The van der Waals surface area contributed by atoms with Crippen LogP contribution in [0.25, 0.3) is 0 Å². The van der Waals surface area contributed by atoms with Crippen molar-refractivity contribution in [1.29, 1.82) is 0 Å². The maximum absolute atomic E-state index is 6.93. The zero-order valence-corrected chi connectivity index (χ0v) is 3.46. The van der Waals surface area contributed by atoms with Gasteiger partial charge in [0, 0.05) is 0 Å². The number of rotatable bonds is 0. The zero-order chi connectivity index (χ0) is 5.11. The standard InChI is InChI=1S/C5H7N/c1-2-4-6-5-3-1/h2-6H,1H2/i/hD. The second-order valence-electron chi connectivity index (χ2n) is 1.15. The summed E-state index contributed by atoms with van der Waals surface area (Å²) in [6.07, 6.45) is 8.29. The van der Waals surface area contributed by atoms with Crippen LogP contribution in [0.2, 0.25) is 1.41 Å². The van der Waals surface area contributed by atoms with Gasteiger partial charge in [-0.25, -0.2) is 0 Å². The van der Waals surface area contributed by atoms with Crippen molar-refractivity contribution in [2.75, 3.05) is 0 Å². The van der Waals surface area contributed by atoms with Crippen molar-refractivity contribution >= 4 is 0 Å². The van der Waals surface area contributed by atoms with E-state index in [4.69, 9.17) is 1.41 Å². The number of nitrogens with one attached hydrogen (secondary N) is 1. The van der Waals surface area contributed by atoms with Gasteiger partial charge >= 0.3 is 0 Å². The van der Waals surface area contributed by atoms with E-state index in [0.717, 1.165) is 6.42 Å². The molecule has 0 saturated carbocycles. The van der Waals surface area contributed by atoms with Gasteiger partial charge in [-0.2, -0.15) is 0 Å². The topological polar surface area (TPSA) is 12.0 Å². The quantitative estimate of drug-likeness (QED) is 0.460. The van der Waals surface area contributed by atoms with Crippen molar-refractivity contribution < 1.29 is 1.41 Å². The van der Waals surface area contributed by atoms with Crippen LogP contribution in [0.1, 0.15) is 6.42 Å². The van der Waals surface area contributed by atoms with Crippen LogP contribution < -0.4 is 5.31 Å². The molecule has 1 N–H and O–H groups in total. The molecule has 0 saturated heterocycles. The Morgan fingerprint density at radius 3 is 2.50 bits per heavy atom. The number of hydrogen-bond donors (Lipinski definition) is 1. The average Bonchev–Trinajstić information content (AvgIpc) is 1.69. The van der Waals surface area contributed by atoms with E-state index in [1.165, 1.54) is 5.31 Å². The Balaban J connectivity index is 2.49. The molecule has 0 amide bonds. The van der Waals surface area contributed by atoms with Crippen LogP contribution in [-0.4, -0.2) is 0 Å². The number of allylic oxidation sites excluding steroid dienone is 2. The summed E-state index contributed by atoms with van der Waals surface area (Å²) in [5, 5.41) is 1.28. The first-order chi connectivity index (χ1) is 3.39. The van der Waals surface area contributed by atoms with Crippen LogP contribution in [0.5, 0.6) is 0 Å². The van der Waals surface area contributed by atoms with Crippen molar-refractivity contribution in [2.45, 2.75) is 6.42 Å². The van der Waals surface area contributed by atoms with E-state index in [9.17, 15) is 0 Å². The molecular weight excluding hydrogens is 74.1 g/mol. The molecule has 0 bridgehead atoms. The second kappa shape index (κ2) is 1.65. The van der Waals surface area contributed by atoms with Crippen molar-refractivity contribution in [2.24, 2.45) is 0 Å². The van der Waals surface area contributed by atoms with Crippen LogP contribution in [0.3, 0.4) is 0 Å². The highest BCUT2D eigenvalue weighted by molar-refractivity contribution is 4.98. The molecule has 1 aliphatic rings. The van der Waals surface area contributed by atoms with Crippen LogP contribution in [0, 0.1) is 0 Å². The summed E-state index contributed by atoms with van der Waals surface area (Å²) in [5.74, 6) is 0. The van der Waals surface area contributed by atoms with Gasteiger partial charge in [-0.3, -0.25) is 0 Å². The fourth-order valence-electron chi connectivity index (χ4n) is 0.372. The second-order valence-corrected chi connectivity index (χ2v) is 1.15. The van der Waals surface area contributed by atoms with E-state index in [-0.39, 0.29) is 0 Å². The smallest absolute Gasteiger partial charge is 0.165 e. The Labute approximate surface area is 38.8 Å². The normalized spacial score (nSPS) is 21.3. The molecule has 6 heavy (non-hydrogen) atoms. The molecule has 1 heteroatoms. The lowest BCUT2D eigenvalue weighted by atomic mass is 10.4. The Kier molecular flexibility index (Phi) is 0.675. The highest BCUT2D eigenvalue weighted by Gasteiger charge is 1.73. The highest BCUT2D eigenvalue weighted by atomic mass is 14.8. The van der Waals surface area contributed by atoms with E-state index in [1.54, 1.807) is 12.4 Å². The van der Waals surface area contributed by atoms with Crippen LogP contribution >= 0.6 is 0 Å². The van der Waals surface area contributed by atoms with Crippen LogP contribution in [0.4, 0.5) is 0 Å². The first kappa shape index (κ1) is 2.45. The van der Waals surface area contributed by atoms with E-state index in [1.807, 2.05) is 12.2 Å². The van der Waals surface area contributed by atoms with Gasteiger partial charge in [-0.05, 0) is 18.8 Å². The Morgan fingerprint density at radius 1 is 1.50 bits per heavy atom. The van der Waals surface area contributed by atoms with Gasteiger partial charge in [-0.1, -0.05) is 12.2 Å². The Hall–Kier alpha value is -0.720. The molecular formula is C5H7N. The third-order valence-electron chi connectivity index (χ3n) is 0.655. The molecule has 1 rings (SSSR count). The third-order valence-corrected chi connectivity index (χ3v) is 0.655. The van der Waals surface area contributed by atoms with Gasteiger partial charge in [-0.15, -0.1) is 0 Å².